The number of benzene rings is 2. The molecule has 102 valence electrons. The van der Waals surface area contributed by atoms with E-state index in [0.717, 1.165) is 21.9 Å². The SMILES string of the molecule is Cc1ccc([C@@H]2Nc3ccc(Cl)cc3C(=N)N2O)cc1. The smallest absolute Gasteiger partial charge is 0.157 e. The number of halogens is 1. The zero-order valence-corrected chi connectivity index (χ0v) is 11.6. The van der Waals surface area contributed by atoms with Gasteiger partial charge in [-0.15, -0.1) is 0 Å². The minimum Gasteiger partial charge on any atom is -0.359 e. The van der Waals surface area contributed by atoms with Gasteiger partial charge in [-0.1, -0.05) is 41.4 Å². The van der Waals surface area contributed by atoms with Gasteiger partial charge in [0.15, 0.2) is 12.0 Å². The maximum Gasteiger partial charge on any atom is 0.157 e. The molecule has 0 bridgehead atoms. The number of anilines is 1. The van der Waals surface area contributed by atoms with Crippen LogP contribution < -0.4 is 5.32 Å². The molecule has 20 heavy (non-hydrogen) atoms. The number of nitrogens with one attached hydrogen (secondary N) is 2. The van der Waals surface area contributed by atoms with Crippen LogP contribution in [-0.2, 0) is 0 Å². The van der Waals surface area contributed by atoms with Crippen LogP contribution >= 0.6 is 11.6 Å². The molecule has 5 heteroatoms. The quantitative estimate of drug-likeness (QED) is 0.748. The van der Waals surface area contributed by atoms with Gasteiger partial charge in [0.25, 0.3) is 0 Å². The van der Waals surface area contributed by atoms with Crippen LogP contribution in [0.5, 0.6) is 0 Å². The number of hydrogen-bond acceptors (Lipinski definition) is 3. The van der Waals surface area contributed by atoms with Gasteiger partial charge in [-0.3, -0.25) is 10.6 Å². The van der Waals surface area contributed by atoms with Crippen molar-refractivity contribution in [3.8, 4) is 0 Å². The molecule has 1 aliphatic rings. The summed E-state index contributed by atoms with van der Waals surface area (Å²) in [5.41, 5.74) is 3.42. The van der Waals surface area contributed by atoms with Crippen LogP contribution in [0, 0.1) is 12.3 Å². The highest BCUT2D eigenvalue weighted by atomic mass is 35.5. The van der Waals surface area contributed by atoms with E-state index in [-0.39, 0.29) is 5.84 Å². The van der Waals surface area contributed by atoms with Crippen molar-refractivity contribution in [2.24, 2.45) is 0 Å². The number of hydrogen-bond donors (Lipinski definition) is 3. The van der Waals surface area contributed by atoms with Gasteiger partial charge in [0.2, 0.25) is 0 Å². The Kier molecular flexibility index (Phi) is 3.12. The summed E-state index contributed by atoms with van der Waals surface area (Å²) in [5.74, 6) is 0.0341. The summed E-state index contributed by atoms with van der Waals surface area (Å²) < 4.78 is 0. The molecule has 1 atom stereocenters. The standard InChI is InChI=1S/C15H14ClN3O/c1-9-2-4-10(5-3-9)15-18-13-7-6-11(16)8-12(13)14(17)19(15)20/h2-8,15,17-18,20H,1H3/t15-/m1/s1. The fourth-order valence-corrected chi connectivity index (χ4v) is 2.44. The normalized spacial score (nSPS) is 17.6. The summed E-state index contributed by atoms with van der Waals surface area (Å²) in [6.07, 6.45) is -0.475. The highest BCUT2D eigenvalue weighted by molar-refractivity contribution is 6.31. The number of nitrogens with zero attached hydrogens (tertiary/aromatic N) is 1. The van der Waals surface area contributed by atoms with Crippen molar-refractivity contribution in [2.45, 2.75) is 13.1 Å². The first-order valence-corrected chi connectivity index (χ1v) is 6.64. The third kappa shape index (κ3) is 2.13. The highest BCUT2D eigenvalue weighted by Gasteiger charge is 2.29. The van der Waals surface area contributed by atoms with Crippen LogP contribution in [0.4, 0.5) is 5.69 Å². The Labute approximate surface area is 122 Å². The molecule has 0 saturated carbocycles. The molecule has 4 nitrogen and oxygen atoms in total. The lowest BCUT2D eigenvalue weighted by atomic mass is 10.0. The maximum absolute atomic E-state index is 10.2. The molecule has 2 aromatic carbocycles. The number of fused-ring (bicyclic) bond motifs is 1. The monoisotopic (exact) mass is 287 g/mol. The minimum atomic E-state index is -0.475. The number of hydroxylamine groups is 2. The third-order valence-electron chi connectivity index (χ3n) is 3.40. The summed E-state index contributed by atoms with van der Waals surface area (Å²) in [6, 6.07) is 13.1. The fraction of sp³-hybridized carbons (Fsp3) is 0.133. The van der Waals surface area contributed by atoms with Crippen molar-refractivity contribution in [2.75, 3.05) is 5.32 Å². The van der Waals surface area contributed by atoms with Crippen molar-refractivity contribution < 1.29 is 5.21 Å². The number of amidine groups is 1. The lowest BCUT2D eigenvalue weighted by molar-refractivity contribution is -0.0481. The largest absolute Gasteiger partial charge is 0.359 e. The van der Waals surface area contributed by atoms with E-state index < -0.39 is 6.17 Å². The Balaban J connectivity index is 2.02. The third-order valence-corrected chi connectivity index (χ3v) is 3.63. The molecule has 0 spiro atoms. The Morgan fingerprint density at radius 3 is 2.60 bits per heavy atom. The summed E-state index contributed by atoms with van der Waals surface area (Å²) in [4.78, 5) is 0. The molecule has 0 amide bonds. The zero-order chi connectivity index (χ0) is 14.3. The van der Waals surface area contributed by atoms with E-state index in [1.807, 2.05) is 37.3 Å². The van der Waals surface area contributed by atoms with Gasteiger partial charge in [0.05, 0.1) is 0 Å². The molecule has 1 aliphatic heterocycles. The van der Waals surface area contributed by atoms with Crippen molar-refractivity contribution in [1.29, 1.82) is 5.41 Å². The van der Waals surface area contributed by atoms with Gasteiger partial charge in [-0.2, -0.15) is 0 Å². The molecule has 0 unspecified atom stereocenters. The molecular formula is C15H14ClN3O. The second kappa shape index (κ2) is 4.81. The molecule has 3 rings (SSSR count). The number of rotatable bonds is 1. The Hall–Kier alpha value is -2.04. The second-order valence-electron chi connectivity index (χ2n) is 4.84. The van der Waals surface area contributed by atoms with Crippen molar-refractivity contribution in [3.05, 3.63) is 64.2 Å². The minimum absolute atomic E-state index is 0.0341. The summed E-state index contributed by atoms with van der Waals surface area (Å²) >= 11 is 5.94. The van der Waals surface area contributed by atoms with Crippen LogP contribution in [0.3, 0.4) is 0 Å². The molecule has 0 aliphatic carbocycles. The molecule has 0 aromatic heterocycles. The zero-order valence-electron chi connectivity index (χ0n) is 10.9. The van der Waals surface area contributed by atoms with Crippen LogP contribution in [0.1, 0.15) is 22.9 Å². The maximum atomic E-state index is 10.2. The van der Waals surface area contributed by atoms with Crippen LogP contribution in [0.25, 0.3) is 0 Å². The average molecular weight is 288 g/mol. The highest BCUT2D eigenvalue weighted by Crippen LogP contribution is 2.33. The topological polar surface area (TPSA) is 59.4 Å². The Morgan fingerprint density at radius 1 is 1.20 bits per heavy atom. The van der Waals surface area contributed by atoms with Gasteiger partial charge in [0.1, 0.15) is 0 Å². The van der Waals surface area contributed by atoms with Gasteiger partial charge in [-0.05, 0) is 30.7 Å². The fourth-order valence-electron chi connectivity index (χ4n) is 2.27. The van der Waals surface area contributed by atoms with E-state index in [1.165, 1.54) is 0 Å². The van der Waals surface area contributed by atoms with E-state index in [9.17, 15) is 5.21 Å². The molecule has 0 fully saturated rings. The van der Waals surface area contributed by atoms with E-state index in [2.05, 4.69) is 5.32 Å². The van der Waals surface area contributed by atoms with Gasteiger partial charge in [0, 0.05) is 16.3 Å². The van der Waals surface area contributed by atoms with Gasteiger partial charge >= 0.3 is 0 Å². The molecule has 3 N–H and O–H groups in total. The Bertz CT molecular complexity index is 669. The van der Waals surface area contributed by atoms with Crippen LogP contribution in [0.15, 0.2) is 42.5 Å². The van der Waals surface area contributed by atoms with Crippen molar-refractivity contribution >= 4 is 23.1 Å². The average Bonchev–Trinajstić information content (AvgIpc) is 2.44. The van der Waals surface area contributed by atoms with Gasteiger partial charge in [-0.25, -0.2) is 5.06 Å². The first-order valence-electron chi connectivity index (χ1n) is 6.26. The molecule has 1 heterocycles. The lowest BCUT2D eigenvalue weighted by Crippen LogP contribution is -2.40. The molecule has 2 aromatic rings. The Morgan fingerprint density at radius 2 is 1.90 bits per heavy atom. The van der Waals surface area contributed by atoms with E-state index >= 15 is 0 Å². The summed E-state index contributed by atoms with van der Waals surface area (Å²) in [5, 5.41) is 22.9. The van der Waals surface area contributed by atoms with E-state index in [4.69, 9.17) is 17.0 Å². The first-order chi connectivity index (χ1) is 9.56. The molecule has 0 radical (unpaired) electrons. The summed E-state index contributed by atoms with van der Waals surface area (Å²) in [7, 11) is 0. The van der Waals surface area contributed by atoms with Crippen molar-refractivity contribution in [3.63, 3.8) is 0 Å². The van der Waals surface area contributed by atoms with E-state index in [0.29, 0.717) is 10.6 Å². The van der Waals surface area contributed by atoms with Gasteiger partial charge < -0.3 is 5.32 Å². The first kappa shape index (κ1) is 13.0. The summed E-state index contributed by atoms with van der Waals surface area (Å²) in [6.45, 7) is 2.01. The second-order valence-corrected chi connectivity index (χ2v) is 5.28. The predicted octanol–water partition coefficient (Wildman–Crippen LogP) is 3.79. The lowest BCUT2D eigenvalue weighted by Gasteiger charge is -2.35. The number of aryl methyl sites for hydroxylation is 1. The van der Waals surface area contributed by atoms with Crippen molar-refractivity contribution in [1.82, 2.24) is 5.06 Å². The van der Waals surface area contributed by atoms with Crippen LogP contribution in [0.2, 0.25) is 5.02 Å². The van der Waals surface area contributed by atoms with Crippen LogP contribution in [-0.4, -0.2) is 16.1 Å². The predicted molar refractivity (Wildman–Crippen MR) is 79.4 cm³/mol. The molecular weight excluding hydrogens is 274 g/mol. The van der Waals surface area contributed by atoms with E-state index in [1.54, 1.807) is 12.1 Å². The molecule has 0 saturated heterocycles.